The maximum Gasteiger partial charge on any atom is 0.308 e. The predicted molar refractivity (Wildman–Crippen MR) is 99.0 cm³/mol. The molecule has 6 nitrogen and oxygen atoms in total. The first kappa shape index (κ1) is 18.8. The number of carbonyl (C=O) groups is 1. The first-order valence-corrected chi connectivity index (χ1v) is 9.45. The van der Waals surface area contributed by atoms with Crippen LogP contribution in [0.1, 0.15) is 33.1 Å². The van der Waals surface area contributed by atoms with E-state index < -0.39 is 0 Å². The van der Waals surface area contributed by atoms with Crippen LogP contribution in [0.25, 0.3) is 10.6 Å². The number of methoxy groups -OCH3 is 1. The maximum atomic E-state index is 10.6. The van der Waals surface area contributed by atoms with Gasteiger partial charge in [0.15, 0.2) is 5.01 Å². The number of aromatic nitrogens is 3. The number of pyridine rings is 1. The summed E-state index contributed by atoms with van der Waals surface area (Å²) in [6, 6.07) is 2.32. The number of nitrogens with zero attached hydrogens (tertiary/aromatic N) is 3. The number of halogens is 1. The molecule has 8 heteroatoms. The largest absolute Gasteiger partial charge is 0.469 e. The van der Waals surface area contributed by atoms with Crippen LogP contribution in [-0.4, -0.2) is 34.3 Å². The third kappa shape index (κ3) is 5.24. The number of ether oxygens (including phenoxy) is 1. The predicted octanol–water partition coefficient (Wildman–Crippen LogP) is 4.14. The molecule has 24 heavy (non-hydrogen) atoms. The highest BCUT2D eigenvalue weighted by atomic mass is 79.9. The van der Waals surface area contributed by atoms with Gasteiger partial charge in [-0.2, -0.15) is 0 Å². The second-order valence-corrected chi connectivity index (χ2v) is 7.39. The van der Waals surface area contributed by atoms with Gasteiger partial charge in [-0.1, -0.05) is 17.8 Å². The van der Waals surface area contributed by atoms with Crippen LogP contribution < -0.4 is 5.32 Å². The summed E-state index contributed by atoms with van der Waals surface area (Å²) >= 11 is 4.87. The van der Waals surface area contributed by atoms with E-state index in [2.05, 4.69) is 55.0 Å². The molecule has 0 amide bonds. The van der Waals surface area contributed by atoms with Crippen molar-refractivity contribution in [2.75, 3.05) is 12.4 Å². The molecule has 0 aliphatic heterocycles. The molecule has 2 aromatic heterocycles. The number of carbonyl (C=O) groups excluding carboxylic acids is 1. The average molecular weight is 413 g/mol. The number of nitrogens with one attached hydrogen (secondary N) is 1. The van der Waals surface area contributed by atoms with E-state index in [1.807, 2.05) is 6.07 Å². The molecule has 0 saturated heterocycles. The maximum absolute atomic E-state index is 10.6. The lowest BCUT2D eigenvalue weighted by Gasteiger charge is -2.21. The van der Waals surface area contributed by atoms with Crippen LogP contribution in [-0.2, 0) is 9.53 Å². The van der Waals surface area contributed by atoms with E-state index in [0.717, 1.165) is 33.7 Å². The lowest BCUT2D eigenvalue weighted by molar-refractivity contribution is -0.148. The van der Waals surface area contributed by atoms with Crippen molar-refractivity contribution in [3.05, 3.63) is 22.4 Å². The second-order valence-electron chi connectivity index (χ2n) is 5.75. The molecular formula is C16H21BrN4O2S. The molecule has 2 aromatic rings. The number of rotatable bonds is 4. The van der Waals surface area contributed by atoms with Crippen molar-refractivity contribution in [3.63, 3.8) is 0 Å². The molecule has 0 aromatic carbocycles. The van der Waals surface area contributed by atoms with Gasteiger partial charge in [-0.15, -0.1) is 10.2 Å². The van der Waals surface area contributed by atoms with E-state index in [1.165, 1.54) is 24.9 Å². The molecule has 0 spiro atoms. The van der Waals surface area contributed by atoms with E-state index in [1.54, 1.807) is 11.7 Å². The topological polar surface area (TPSA) is 77.0 Å². The number of anilines is 1. The quantitative estimate of drug-likeness (QED) is 0.600. The summed E-state index contributed by atoms with van der Waals surface area (Å²) in [7, 11) is 1.45. The van der Waals surface area contributed by atoms with Crippen LogP contribution >= 0.6 is 27.3 Å². The van der Waals surface area contributed by atoms with Gasteiger partial charge in [-0.25, -0.2) is 4.98 Å². The molecule has 0 atom stereocenters. The van der Waals surface area contributed by atoms with Crippen LogP contribution in [0.5, 0.6) is 0 Å². The molecule has 2 heterocycles. The second kappa shape index (κ2) is 9.08. The molecule has 0 bridgehead atoms. The summed E-state index contributed by atoms with van der Waals surface area (Å²) in [6.07, 6.45) is 5.06. The Kier molecular flexibility index (Phi) is 7.11. The van der Waals surface area contributed by atoms with Gasteiger partial charge in [0.25, 0.3) is 0 Å². The Morgan fingerprint density at radius 2 is 2.21 bits per heavy atom. The van der Waals surface area contributed by atoms with Crippen LogP contribution in [0, 0.1) is 5.92 Å². The lowest BCUT2D eigenvalue weighted by Crippen LogP contribution is -2.22. The minimum absolute atomic E-state index is 0.0312. The standard InChI is InChI=1S/C10H11BrN4S.C6H10O2/c1-6(2)14-8-3-9(11)12-4-7(8)10-15-13-5-16-10;1-8-6(7)5-3-2-4-5/h3-6H,1-2H3,(H,12,14);5H,2-4H2,1H3. The molecule has 130 valence electrons. The molecule has 1 aliphatic carbocycles. The summed E-state index contributed by atoms with van der Waals surface area (Å²) in [5, 5.41) is 12.1. The van der Waals surface area contributed by atoms with Crippen molar-refractivity contribution in [1.29, 1.82) is 0 Å². The Morgan fingerprint density at radius 1 is 1.46 bits per heavy atom. The summed E-state index contributed by atoms with van der Waals surface area (Å²) < 4.78 is 5.32. The Bertz CT molecular complexity index is 660. The van der Waals surface area contributed by atoms with E-state index in [0.29, 0.717) is 6.04 Å². The summed E-state index contributed by atoms with van der Waals surface area (Å²) in [5.41, 5.74) is 3.73. The minimum Gasteiger partial charge on any atom is -0.469 e. The molecule has 0 unspecified atom stereocenters. The fourth-order valence-corrected chi connectivity index (χ4v) is 3.04. The molecule has 1 fully saturated rings. The van der Waals surface area contributed by atoms with E-state index in [9.17, 15) is 4.79 Å². The summed E-state index contributed by atoms with van der Waals surface area (Å²) in [4.78, 5) is 14.8. The number of hydrogen-bond acceptors (Lipinski definition) is 7. The van der Waals surface area contributed by atoms with Crippen molar-refractivity contribution in [2.24, 2.45) is 5.92 Å². The van der Waals surface area contributed by atoms with Crippen molar-refractivity contribution < 1.29 is 9.53 Å². The number of esters is 1. The SMILES string of the molecule is CC(C)Nc1cc(Br)ncc1-c1nncs1.COC(=O)C1CCC1. The van der Waals surface area contributed by atoms with Gasteiger partial charge in [-0.3, -0.25) is 4.79 Å². The van der Waals surface area contributed by atoms with Gasteiger partial charge in [0, 0.05) is 17.9 Å². The van der Waals surface area contributed by atoms with Gasteiger partial charge >= 0.3 is 5.97 Å². The minimum atomic E-state index is -0.0312. The monoisotopic (exact) mass is 412 g/mol. The third-order valence-corrected chi connectivity index (χ3v) is 4.70. The van der Waals surface area contributed by atoms with Crippen molar-refractivity contribution in [2.45, 2.75) is 39.2 Å². The Balaban J connectivity index is 0.000000219. The lowest BCUT2D eigenvalue weighted by atomic mass is 9.86. The normalized spacial score (nSPS) is 13.7. The molecule has 1 aliphatic rings. The Morgan fingerprint density at radius 3 is 2.67 bits per heavy atom. The average Bonchev–Trinajstić information content (AvgIpc) is 2.99. The van der Waals surface area contributed by atoms with Gasteiger partial charge in [0.05, 0.1) is 18.6 Å². The fraction of sp³-hybridized carbons (Fsp3) is 0.500. The van der Waals surface area contributed by atoms with E-state index in [4.69, 9.17) is 0 Å². The molecule has 1 N–H and O–H groups in total. The van der Waals surface area contributed by atoms with Gasteiger partial charge < -0.3 is 10.1 Å². The fourth-order valence-electron chi connectivity index (χ4n) is 2.13. The first-order chi connectivity index (χ1) is 11.5. The molecule has 0 radical (unpaired) electrons. The highest BCUT2D eigenvalue weighted by Crippen LogP contribution is 2.30. The van der Waals surface area contributed by atoms with E-state index >= 15 is 0 Å². The van der Waals surface area contributed by atoms with Gasteiger partial charge in [-0.05, 0) is 48.7 Å². The summed E-state index contributed by atoms with van der Waals surface area (Å²) in [5.74, 6) is 0.205. The van der Waals surface area contributed by atoms with Crippen molar-refractivity contribution in [3.8, 4) is 10.6 Å². The smallest absolute Gasteiger partial charge is 0.308 e. The van der Waals surface area contributed by atoms with Gasteiger partial charge in [0.2, 0.25) is 0 Å². The molecule has 1 saturated carbocycles. The first-order valence-electron chi connectivity index (χ1n) is 7.77. The highest BCUT2D eigenvalue weighted by molar-refractivity contribution is 9.10. The van der Waals surface area contributed by atoms with Crippen LogP contribution in [0.4, 0.5) is 5.69 Å². The van der Waals surface area contributed by atoms with Gasteiger partial charge in [0.1, 0.15) is 10.1 Å². The highest BCUT2D eigenvalue weighted by Gasteiger charge is 2.25. The van der Waals surface area contributed by atoms with Crippen LogP contribution in [0.3, 0.4) is 0 Å². The molecule has 3 rings (SSSR count). The van der Waals surface area contributed by atoms with E-state index in [-0.39, 0.29) is 11.9 Å². The zero-order valence-corrected chi connectivity index (χ0v) is 16.4. The van der Waals surface area contributed by atoms with Crippen molar-refractivity contribution >= 4 is 38.9 Å². The number of hydrogen-bond donors (Lipinski definition) is 1. The third-order valence-electron chi connectivity index (χ3n) is 3.54. The van der Waals surface area contributed by atoms with Crippen LogP contribution in [0.15, 0.2) is 22.4 Å². The zero-order chi connectivity index (χ0) is 17.5. The Labute approximate surface area is 154 Å². The Hall–Kier alpha value is -1.54. The van der Waals surface area contributed by atoms with Crippen molar-refractivity contribution in [1.82, 2.24) is 15.2 Å². The molecular weight excluding hydrogens is 392 g/mol. The summed E-state index contributed by atoms with van der Waals surface area (Å²) in [6.45, 7) is 4.19. The van der Waals surface area contributed by atoms with Crippen LogP contribution in [0.2, 0.25) is 0 Å². The zero-order valence-electron chi connectivity index (χ0n) is 14.0.